The van der Waals surface area contributed by atoms with Crippen molar-refractivity contribution < 1.29 is 9.47 Å². The van der Waals surface area contributed by atoms with Gasteiger partial charge in [-0.25, -0.2) is 4.98 Å². The zero-order chi connectivity index (χ0) is 13.8. The Labute approximate surface area is 128 Å². The second-order valence-electron chi connectivity index (χ2n) is 3.68. The van der Waals surface area contributed by atoms with Gasteiger partial charge < -0.3 is 14.8 Å². The van der Waals surface area contributed by atoms with Gasteiger partial charge in [0.05, 0.1) is 24.4 Å². The predicted molar refractivity (Wildman–Crippen MR) is 82.5 cm³/mol. The second-order valence-corrected chi connectivity index (χ2v) is 5.45. The molecular formula is C13H12Br2N2O2. The third kappa shape index (κ3) is 3.39. The summed E-state index contributed by atoms with van der Waals surface area (Å²) in [6, 6.07) is 7.48. The number of nitrogens with one attached hydrogen (secondary N) is 1. The maximum Gasteiger partial charge on any atom is 0.146 e. The number of ether oxygens (including phenoxy) is 2. The third-order valence-electron chi connectivity index (χ3n) is 2.47. The van der Waals surface area contributed by atoms with Crippen LogP contribution in [0.1, 0.15) is 0 Å². The molecule has 0 amide bonds. The number of anilines is 2. The first-order valence-corrected chi connectivity index (χ1v) is 7.02. The van der Waals surface area contributed by atoms with Crippen LogP contribution >= 0.6 is 31.9 Å². The van der Waals surface area contributed by atoms with Gasteiger partial charge in [-0.3, -0.25) is 0 Å². The molecule has 1 N–H and O–H groups in total. The van der Waals surface area contributed by atoms with Crippen molar-refractivity contribution in [3.05, 3.63) is 39.4 Å². The topological polar surface area (TPSA) is 43.4 Å². The molecular weight excluding hydrogens is 376 g/mol. The molecule has 4 nitrogen and oxygen atoms in total. The van der Waals surface area contributed by atoms with Crippen LogP contribution in [-0.2, 0) is 0 Å². The van der Waals surface area contributed by atoms with E-state index in [9.17, 15) is 0 Å². The lowest BCUT2D eigenvalue weighted by Gasteiger charge is -2.13. The van der Waals surface area contributed by atoms with E-state index in [0.717, 1.165) is 20.4 Å². The van der Waals surface area contributed by atoms with Gasteiger partial charge in [0, 0.05) is 16.7 Å². The van der Waals surface area contributed by atoms with E-state index in [2.05, 4.69) is 42.2 Å². The van der Waals surface area contributed by atoms with Crippen LogP contribution in [0.2, 0.25) is 0 Å². The molecule has 0 fully saturated rings. The van der Waals surface area contributed by atoms with Gasteiger partial charge in [0.25, 0.3) is 0 Å². The summed E-state index contributed by atoms with van der Waals surface area (Å²) in [5, 5.41) is 3.21. The molecule has 0 saturated carbocycles. The predicted octanol–water partition coefficient (Wildman–Crippen LogP) is 4.37. The number of methoxy groups -OCH3 is 2. The molecule has 0 aliphatic carbocycles. The van der Waals surface area contributed by atoms with Crippen molar-refractivity contribution in [1.82, 2.24) is 4.98 Å². The Bertz CT molecular complexity index is 591. The number of rotatable bonds is 4. The molecule has 6 heteroatoms. The van der Waals surface area contributed by atoms with Gasteiger partial charge in [-0.15, -0.1) is 0 Å². The molecule has 0 unspecified atom stereocenters. The fraction of sp³-hybridized carbons (Fsp3) is 0.154. The Morgan fingerprint density at radius 3 is 2.53 bits per heavy atom. The summed E-state index contributed by atoms with van der Waals surface area (Å²) in [6.07, 6.45) is 1.73. The molecule has 0 saturated heterocycles. The van der Waals surface area contributed by atoms with Gasteiger partial charge >= 0.3 is 0 Å². The molecule has 2 rings (SSSR count). The van der Waals surface area contributed by atoms with Gasteiger partial charge in [0.1, 0.15) is 17.3 Å². The molecule has 0 spiro atoms. The number of pyridine rings is 1. The zero-order valence-corrected chi connectivity index (χ0v) is 13.6. The molecule has 0 radical (unpaired) electrons. The maximum atomic E-state index is 5.33. The molecule has 0 bridgehead atoms. The van der Waals surface area contributed by atoms with Gasteiger partial charge in [0.15, 0.2) is 0 Å². The zero-order valence-electron chi connectivity index (χ0n) is 10.4. The Morgan fingerprint density at radius 1 is 1.11 bits per heavy atom. The molecule has 0 atom stereocenters. The minimum absolute atomic E-state index is 0.691. The van der Waals surface area contributed by atoms with Crippen molar-refractivity contribution in [2.75, 3.05) is 19.5 Å². The number of aromatic nitrogens is 1. The molecule has 1 heterocycles. The van der Waals surface area contributed by atoms with E-state index in [4.69, 9.17) is 9.47 Å². The van der Waals surface area contributed by atoms with E-state index >= 15 is 0 Å². The lowest BCUT2D eigenvalue weighted by Crippen LogP contribution is -1.98. The van der Waals surface area contributed by atoms with Crippen LogP contribution in [0.4, 0.5) is 11.5 Å². The van der Waals surface area contributed by atoms with E-state index in [-0.39, 0.29) is 0 Å². The monoisotopic (exact) mass is 386 g/mol. The van der Waals surface area contributed by atoms with Crippen molar-refractivity contribution in [2.45, 2.75) is 0 Å². The Morgan fingerprint density at radius 2 is 1.89 bits per heavy atom. The number of benzene rings is 1. The van der Waals surface area contributed by atoms with Gasteiger partial charge in [-0.1, -0.05) is 0 Å². The summed E-state index contributed by atoms with van der Waals surface area (Å²) in [7, 11) is 3.23. The van der Waals surface area contributed by atoms with Crippen molar-refractivity contribution in [3.63, 3.8) is 0 Å². The lowest BCUT2D eigenvalue weighted by atomic mass is 10.2. The smallest absolute Gasteiger partial charge is 0.146 e. The maximum absolute atomic E-state index is 5.33. The summed E-state index contributed by atoms with van der Waals surface area (Å²) in [5.41, 5.74) is 0.818. The normalized spacial score (nSPS) is 10.1. The highest BCUT2D eigenvalue weighted by Gasteiger charge is 2.08. The highest BCUT2D eigenvalue weighted by Crippen LogP contribution is 2.33. The van der Waals surface area contributed by atoms with Crippen molar-refractivity contribution in [1.29, 1.82) is 0 Å². The van der Waals surface area contributed by atoms with Crippen LogP contribution in [0.3, 0.4) is 0 Å². The fourth-order valence-electron chi connectivity index (χ4n) is 1.54. The largest absolute Gasteiger partial charge is 0.497 e. The quantitative estimate of drug-likeness (QED) is 0.845. The highest BCUT2D eigenvalue weighted by molar-refractivity contribution is 9.11. The van der Waals surface area contributed by atoms with E-state index in [0.29, 0.717) is 11.6 Å². The van der Waals surface area contributed by atoms with E-state index in [1.54, 1.807) is 20.4 Å². The van der Waals surface area contributed by atoms with E-state index < -0.39 is 0 Å². The van der Waals surface area contributed by atoms with Crippen LogP contribution in [-0.4, -0.2) is 19.2 Å². The van der Waals surface area contributed by atoms with Crippen LogP contribution in [0.15, 0.2) is 39.4 Å². The molecule has 19 heavy (non-hydrogen) atoms. The first-order chi connectivity index (χ1) is 9.13. The number of halogens is 2. The van der Waals surface area contributed by atoms with Gasteiger partial charge in [-0.05, 0) is 50.1 Å². The first kappa shape index (κ1) is 14.1. The summed E-state index contributed by atoms with van der Waals surface area (Å²) >= 11 is 6.83. The fourth-order valence-corrected chi connectivity index (χ4v) is 2.62. The van der Waals surface area contributed by atoms with E-state index in [1.165, 1.54) is 0 Å². The lowest BCUT2D eigenvalue weighted by molar-refractivity contribution is 0.395. The summed E-state index contributed by atoms with van der Waals surface area (Å²) in [5.74, 6) is 2.15. The second kappa shape index (κ2) is 6.25. The average molecular weight is 388 g/mol. The Balaban J connectivity index is 2.32. The molecule has 1 aromatic heterocycles. The molecule has 100 valence electrons. The molecule has 2 aromatic rings. The Hall–Kier alpha value is -1.27. The minimum Gasteiger partial charge on any atom is -0.497 e. The number of hydrogen-bond donors (Lipinski definition) is 1. The summed E-state index contributed by atoms with van der Waals surface area (Å²) < 4.78 is 12.3. The molecule has 0 aliphatic rings. The van der Waals surface area contributed by atoms with Crippen LogP contribution < -0.4 is 14.8 Å². The molecule has 1 aromatic carbocycles. The molecule has 0 aliphatic heterocycles. The van der Waals surface area contributed by atoms with Crippen LogP contribution in [0.25, 0.3) is 0 Å². The number of hydrogen-bond acceptors (Lipinski definition) is 4. The third-order valence-corrected chi connectivity index (χ3v) is 3.51. The highest BCUT2D eigenvalue weighted by atomic mass is 79.9. The van der Waals surface area contributed by atoms with Gasteiger partial charge in [-0.2, -0.15) is 0 Å². The minimum atomic E-state index is 0.691. The van der Waals surface area contributed by atoms with Crippen molar-refractivity contribution in [3.8, 4) is 11.5 Å². The number of nitrogens with zero attached hydrogens (tertiary/aromatic N) is 1. The summed E-state index contributed by atoms with van der Waals surface area (Å²) in [4.78, 5) is 4.30. The standard InChI is InChI=1S/C13H12Br2N2O2/c1-18-9-3-4-11(12(6-9)19-2)17-13-10(15)5-8(14)7-16-13/h3-7H,1-2H3,(H,16,17). The first-order valence-electron chi connectivity index (χ1n) is 5.44. The summed E-state index contributed by atoms with van der Waals surface area (Å²) in [6.45, 7) is 0. The van der Waals surface area contributed by atoms with Crippen molar-refractivity contribution >= 4 is 43.4 Å². The van der Waals surface area contributed by atoms with E-state index in [1.807, 2.05) is 24.3 Å². The van der Waals surface area contributed by atoms with Gasteiger partial charge in [0.2, 0.25) is 0 Å². The van der Waals surface area contributed by atoms with Crippen molar-refractivity contribution in [2.24, 2.45) is 0 Å². The average Bonchev–Trinajstić information content (AvgIpc) is 2.42. The SMILES string of the molecule is COc1ccc(Nc2ncc(Br)cc2Br)c(OC)c1. The van der Waals surface area contributed by atoms with Crippen LogP contribution in [0, 0.1) is 0 Å². The Kier molecular flexibility index (Phi) is 4.66. The van der Waals surface area contributed by atoms with Crippen LogP contribution in [0.5, 0.6) is 11.5 Å².